The van der Waals surface area contributed by atoms with Crippen molar-refractivity contribution in [3.8, 4) is 0 Å². The lowest BCUT2D eigenvalue weighted by Crippen LogP contribution is -2.07. The molecule has 98 valence electrons. The molecule has 0 aliphatic carbocycles. The second-order valence-electron chi connectivity index (χ2n) is 4.50. The van der Waals surface area contributed by atoms with E-state index in [0.717, 1.165) is 14.5 Å². The van der Waals surface area contributed by atoms with E-state index in [1.54, 1.807) is 6.20 Å². The summed E-state index contributed by atoms with van der Waals surface area (Å²) in [7, 11) is 0. The monoisotopic (exact) mass is 381 g/mol. The van der Waals surface area contributed by atoms with Gasteiger partial charge in [0.25, 0.3) is 0 Å². The predicted octanol–water partition coefficient (Wildman–Crippen LogP) is 4.65. The Morgan fingerprint density at radius 1 is 1.16 bits per heavy atom. The Morgan fingerprint density at radius 3 is 2.53 bits per heavy atom. The molecule has 0 bridgehead atoms. The molecule has 1 aromatic carbocycles. The van der Waals surface area contributed by atoms with Gasteiger partial charge in [-0.1, -0.05) is 18.2 Å². The van der Waals surface area contributed by atoms with Crippen LogP contribution in [0.1, 0.15) is 27.2 Å². The van der Waals surface area contributed by atoms with Crippen molar-refractivity contribution in [2.75, 3.05) is 0 Å². The first-order valence-electron chi connectivity index (χ1n) is 5.88. The van der Waals surface area contributed by atoms with Gasteiger partial charge in [-0.2, -0.15) is 0 Å². The summed E-state index contributed by atoms with van der Waals surface area (Å²) in [5.74, 6) is 0.0163. The summed E-state index contributed by atoms with van der Waals surface area (Å²) in [5, 5.41) is 0. The van der Waals surface area contributed by atoms with Crippen LogP contribution in [0.3, 0.4) is 0 Å². The van der Waals surface area contributed by atoms with Crippen molar-refractivity contribution >= 4 is 37.6 Å². The first-order valence-corrected chi connectivity index (χ1v) is 7.46. The molecule has 0 amide bonds. The smallest absolute Gasteiger partial charge is 0.186 e. The summed E-state index contributed by atoms with van der Waals surface area (Å²) in [6, 6.07) is 7.93. The van der Waals surface area contributed by atoms with Gasteiger partial charge in [0.05, 0.1) is 0 Å². The number of carbonyl (C=O) groups is 1. The zero-order chi connectivity index (χ0) is 14.0. The predicted molar refractivity (Wildman–Crippen MR) is 83.6 cm³/mol. The Balaban J connectivity index is 2.23. The van der Waals surface area contributed by atoms with Gasteiger partial charge in [0.2, 0.25) is 0 Å². The van der Waals surface area contributed by atoms with E-state index in [1.165, 1.54) is 11.1 Å². The highest BCUT2D eigenvalue weighted by Gasteiger charge is 2.13. The maximum atomic E-state index is 12.2. The van der Waals surface area contributed by atoms with Crippen LogP contribution < -0.4 is 0 Å². The number of Topliss-reactive ketones (excluding diaryl/α,β-unsaturated/α-hetero) is 1. The van der Waals surface area contributed by atoms with Crippen LogP contribution >= 0.6 is 31.9 Å². The molecule has 2 nitrogen and oxygen atoms in total. The highest BCUT2D eigenvalue weighted by molar-refractivity contribution is 9.11. The number of nitrogens with zero attached hydrogens (tertiary/aromatic N) is 1. The van der Waals surface area contributed by atoms with E-state index >= 15 is 0 Å². The number of hydrogen-bond donors (Lipinski definition) is 0. The lowest BCUT2D eigenvalue weighted by atomic mass is 10.0. The van der Waals surface area contributed by atoms with Crippen LogP contribution in [0.5, 0.6) is 0 Å². The molecule has 1 aromatic heterocycles. The van der Waals surface area contributed by atoms with Gasteiger partial charge in [-0.05, 0) is 68.5 Å². The van der Waals surface area contributed by atoms with Gasteiger partial charge in [-0.25, -0.2) is 0 Å². The summed E-state index contributed by atoms with van der Waals surface area (Å²) >= 11 is 6.70. The van der Waals surface area contributed by atoms with Crippen molar-refractivity contribution in [1.82, 2.24) is 4.98 Å². The minimum absolute atomic E-state index is 0.0163. The third kappa shape index (κ3) is 3.51. The van der Waals surface area contributed by atoms with Gasteiger partial charge in [0.1, 0.15) is 5.69 Å². The molecule has 0 N–H and O–H groups in total. The van der Waals surface area contributed by atoms with E-state index in [9.17, 15) is 4.79 Å². The SMILES string of the molecule is Cc1ccc(CC(=O)c2ncc(Br)cc2Br)cc1C. The van der Waals surface area contributed by atoms with E-state index < -0.39 is 0 Å². The zero-order valence-electron chi connectivity index (χ0n) is 10.7. The van der Waals surface area contributed by atoms with Gasteiger partial charge in [0.15, 0.2) is 5.78 Å². The van der Waals surface area contributed by atoms with Gasteiger partial charge in [0, 0.05) is 21.6 Å². The fourth-order valence-corrected chi connectivity index (χ4v) is 3.01. The number of aromatic nitrogens is 1. The molecule has 0 aliphatic heterocycles. The number of benzene rings is 1. The molecule has 2 rings (SSSR count). The van der Waals surface area contributed by atoms with Crippen molar-refractivity contribution in [2.24, 2.45) is 0 Å². The maximum Gasteiger partial charge on any atom is 0.186 e. The van der Waals surface area contributed by atoms with E-state index in [1.807, 2.05) is 18.2 Å². The molecule has 2 aromatic rings. The quantitative estimate of drug-likeness (QED) is 0.723. The molecule has 0 unspecified atom stereocenters. The normalized spacial score (nSPS) is 10.5. The summed E-state index contributed by atoms with van der Waals surface area (Å²) < 4.78 is 1.57. The summed E-state index contributed by atoms with van der Waals surface area (Å²) in [6.07, 6.45) is 2.01. The third-order valence-electron chi connectivity index (χ3n) is 3.01. The molecule has 0 aliphatic rings. The van der Waals surface area contributed by atoms with Crippen molar-refractivity contribution in [2.45, 2.75) is 20.3 Å². The van der Waals surface area contributed by atoms with Crippen LogP contribution in [0.4, 0.5) is 0 Å². The number of ketones is 1. The van der Waals surface area contributed by atoms with Crippen molar-refractivity contribution in [1.29, 1.82) is 0 Å². The first kappa shape index (κ1) is 14.4. The molecular weight excluding hydrogens is 370 g/mol. The van der Waals surface area contributed by atoms with Crippen LogP contribution in [-0.4, -0.2) is 10.8 Å². The molecule has 19 heavy (non-hydrogen) atoms. The first-order chi connectivity index (χ1) is 8.97. The lowest BCUT2D eigenvalue weighted by Gasteiger charge is -2.06. The van der Waals surface area contributed by atoms with Gasteiger partial charge < -0.3 is 0 Å². The molecule has 0 saturated carbocycles. The molecule has 0 atom stereocenters. The summed E-state index contributed by atoms with van der Waals surface area (Å²) in [4.78, 5) is 16.4. The summed E-state index contributed by atoms with van der Waals surface area (Å²) in [6.45, 7) is 4.12. The van der Waals surface area contributed by atoms with Crippen molar-refractivity contribution in [3.05, 3.63) is 61.8 Å². The lowest BCUT2D eigenvalue weighted by molar-refractivity contribution is 0.0987. The number of halogens is 2. The Labute approximate surface area is 129 Å². The molecule has 0 saturated heterocycles. The van der Waals surface area contributed by atoms with Crippen LogP contribution in [0.25, 0.3) is 0 Å². The van der Waals surface area contributed by atoms with E-state index in [2.05, 4.69) is 56.8 Å². The standard InChI is InChI=1S/C15H13Br2NO/c1-9-3-4-11(5-10(9)2)6-14(19)15-13(17)7-12(16)8-18-15/h3-5,7-8H,6H2,1-2H3. The Hall–Kier alpha value is -1.000. The van der Waals surface area contributed by atoms with E-state index in [4.69, 9.17) is 0 Å². The van der Waals surface area contributed by atoms with Gasteiger partial charge >= 0.3 is 0 Å². The number of rotatable bonds is 3. The zero-order valence-corrected chi connectivity index (χ0v) is 13.9. The van der Waals surface area contributed by atoms with Gasteiger partial charge in [-0.3, -0.25) is 9.78 Å². The Kier molecular flexibility index (Phi) is 4.53. The fourth-order valence-electron chi connectivity index (χ4n) is 1.80. The van der Waals surface area contributed by atoms with Crippen molar-refractivity contribution < 1.29 is 4.79 Å². The number of carbonyl (C=O) groups excluding carboxylic acids is 1. The molecule has 0 radical (unpaired) electrons. The Bertz CT molecular complexity index is 638. The highest BCUT2D eigenvalue weighted by atomic mass is 79.9. The molecule has 1 heterocycles. The summed E-state index contributed by atoms with van der Waals surface area (Å²) in [5.41, 5.74) is 3.93. The van der Waals surface area contributed by atoms with Crippen molar-refractivity contribution in [3.63, 3.8) is 0 Å². The molecule has 4 heteroatoms. The molecular formula is C15H13Br2NO. The highest BCUT2D eigenvalue weighted by Crippen LogP contribution is 2.21. The number of pyridine rings is 1. The minimum atomic E-state index is 0.0163. The average Bonchev–Trinajstić information content (AvgIpc) is 2.33. The van der Waals surface area contributed by atoms with Gasteiger partial charge in [-0.15, -0.1) is 0 Å². The second-order valence-corrected chi connectivity index (χ2v) is 6.27. The number of aryl methyl sites for hydroxylation is 2. The minimum Gasteiger partial charge on any atom is -0.292 e. The average molecular weight is 383 g/mol. The number of hydrogen-bond acceptors (Lipinski definition) is 2. The van der Waals surface area contributed by atoms with Crippen LogP contribution in [0.2, 0.25) is 0 Å². The molecule has 0 spiro atoms. The largest absolute Gasteiger partial charge is 0.292 e. The topological polar surface area (TPSA) is 30.0 Å². The van der Waals surface area contributed by atoms with E-state index in [-0.39, 0.29) is 5.78 Å². The molecule has 0 fully saturated rings. The maximum absolute atomic E-state index is 12.2. The third-order valence-corrected chi connectivity index (χ3v) is 4.05. The Morgan fingerprint density at radius 2 is 1.89 bits per heavy atom. The van der Waals surface area contributed by atoms with Crippen LogP contribution in [0, 0.1) is 13.8 Å². The van der Waals surface area contributed by atoms with Crippen LogP contribution in [-0.2, 0) is 6.42 Å². The second kappa shape index (κ2) is 5.97. The fraction of sp³-hybridized carbons (Fsp3) is 0.200. The van der Waals surface area contributed by atoms with Crippen LogP contribution in [0.15, 0.2) is 39.4 Å². The van der Waals surface area contributed by atoms with E-state index in [0.29, 0.717) is 12.1 Å².